The molecular weight excluding hydrogens is 276 g/mol. The number of nitro benzene ring substituents is 1. The SMILES string of the molecule is Cc1noc(C)c1CC(C(=O)O)c1ccc([N+](=O)[O-])cc1. The van der Waals surface area contributed by atoms with Crippen LogP contribution >= 0.6 is 0 Å². The minimum absolute atomic E-state index is 0.0692. The fraction of sp³-hybridized carbons (Fsp3) is 0.286. The molecule has 0 spiro atoms. The lowest BCUT2D eigenvalue weighted by Crippen LogP contribution is -2.15. The Bertz CT molecular complexity index is 656. The van der Waals surface area contributed by atoms with Crippen LogP contribution in [0.25, 0.3) is 0 Å². The Morgan fingerprint density at radius 3 is 2.43 bits per heavy atom. The van der Waals surface area contributed by atoms with Gasteiger partial charge in [0.15, 0.2) is 0 Å². The molecule has 7 heteroatoms. The predicted octanol–water partition coefficient (Wildman–Crippen LogP) is 2.61. The predicted molar refractivity (Wildman–Crippen MR) is 73.2 cm³/mol. The van der Waals surface area contributed by atoms with Crippen molar-refractivity contribution in [2.75, 3.05) is 0 Å². The van der Waals surface area contributed by atoms with E-state index in [1.165, 1.54) is 24.3 Å². The van der Waals surface area contributed by atoms with Crippen molar-refractivity contribution in [1.82, 2.24) is 5.16 Å². The normalized spacial score (nSPS) is 12.1. The maximum atomic E-state index is 11.5. The van der Waals surface area contributed by atoms with Gasteiger partial charge in [-0.1, -0.05) is 17.3 Å². The zero-order valence-corrected chi connectivity index (χ0v) is 11.6. The molecule has 7 nitrogen and oxygen atoms in total. The summed E-state index contributed by atoms with van der Waals surface area (Å²) in [6.07, 6.45) is 0.230. The van der Waals surface area contributed by atoms with Crippen molar-refractivity contribution in [3.63, 3.8) is 0 Å². The number of aromatic nitrogens is 1. The molecule has 2 aromatic rings. The van der Waals surface area contributed by atoms with E-state index in [9.17, 15) is 20.0 Å². The second kappa shape index (κ2) is 5.74. The molecule has 110 valence electrons. The highest BCUT2D eigenvalue weighted by atomic mass is 16.6. The van der Waals surface area contributed by atoms with E-state index in [0.29, 0.717) is 17.0 Å². The van der Waals surface area contributed by atoms with E-state index < -0.39 is 16.8 Å². The number of aliphatic carboxylic acids is 1. The molecule has 0 amide bonds. The third-order valence-corrected chi connectivity index (χ3v) is 3.39. The minimum Gasteiger partial charge on any atom is -0.481 e. The first-order chi connectivity index (χ1) is 9.90. The van der Waals surface area contributed by atoms with Crippen LogP contribution in [0.5, 0.6) is 0 Å². The lowest BCUT2D eigenvalue weighted by Gasteiger charge is -2.12. The molecule has 1 N–H and O–H groups in total. The van der Waals surface area contributed by atoms with Gasteiger partial charge in [0, 0.05) is 17.7 Å². The van der Waals surface area contributed by atoms with Gasteiger partial charge in [-0.25, -0.2) is 0 Å². The van der Waals surface area contributed by atoms with Gasteiger partial charge in [0.05, 0.1) is 16.5 Å². The van der Waals surface area contributed by atoms with Gasteiger partial charge >= 0.3 is 5.97 Å². The fourth-order valence-electron chi connectivity index (χ4n) is 2.17. The van der Waals surface area contributed by atoms with Crippen molar-refractivity contribution in [3.8, 4) is 0 Å². The van der Waals surface area contributed by atoms with Crippen LogP contribution in [0, 0.1) is 24.0 Å². The molecule has 1 aromatic carbocycles. The number of nitro groups is 1. The Kier molecular flexibility index (Phi) is 4.02. The Morgan fingerprint density at radius 1 is 1.38 bits per heavy atom. The monoisotopic (exact) mass is 290 g/mol. The van der Waals surface area contributed by atoms with Crippen molar-refractivity contribution in [3.05, 3.63) is 57.0 Å². The smallest absolute Gasteiger partial charge is 0.311 e. The van der Waals surface area contributed by atoms with Gasteiger partial charge < -0.3 is 9.63 Å². The molecule has 0 bridgehead atoms. The number of carboxylic acids is 1. The Balaban J connectivity index is 2.31. The van der Waals surface area contributed by atoms with Crippen molar-refractivity contribution in [1.29, 1.82) is 0 Å². The average Bonchev–Trinajstić information content (AvgIpc) is 2.75. The van der Waals surface area contributed by atoms with Gasteiger partial charge in [0.25, 0.3) is 5.69 Å². The highest BCUT2D eigenvalue weighted by Gasteiger charge is 2.24. The number of rotatable bonds is 5. The van der Waals surface area contributed by atoms with E-state index in [0.717, 1.165) is 5.56 Å². The van der Waals surface area contributed by atoms with Gasteiger partial charge in [-0.15, -0.1) is 0 Å². The third kappa shape index (κ3) is 3.07. The second-order valence-electron chi connectivity index (χ2n) is 4.75. The number of carbonyl (C=O) groups is 1. The van der Waals surface area contributed by atoms with E-state index in [2.05, 4.69) is 5.16 Å². The molecule has 21 heavy (non-hydrogen) atoms. The van der Waals surface area contributed by atoms with Crippen LogP contribution in [0.15, 0.2) is 28.8 Å². The lowest BCUT2D eigenvalue weighted by molar-refractivity contribution is -0.384. The quantitative estimate of drug-likeness (QED) is 0.670. The zero-order chi connectivity index (χ0) is 15.6. The molecule has 0 fully saturated rings. The van der Waals surface area contributed by atoms with Crippen LogP contribution in [-0.4, -0.2) is 21.2 Å². The maximum absolute atomic E-state index is 11.5. The average molecular weight is 290 g/mol. The highest BCUT2D eigenvalue weighted by molar-refractivity contribution is 5.76. The topological polar surface area (TPSA) is 106 Å². The van der Waals surface area contributed by atoms with Crippen LogP contribution in [-0.2, 0) is 11.2 Å². The summed E-state index contributed by atoms with van der Waals surface area (Å²) in [6.45, 7) is 3.48. The third-order valence-electron chi connectivity index (χ3n) is 3.39. The molecule has 0 aliphatic carbocycles. The van der Waals surface area contributed by atoms with Crippen LogP contribution in [0.4, 0.5) is 5.69 Å². The molecule has 1 aromatic heterocycles. The van der Waals surface area contributed by atoms with Crippen LogP contribution in [0.2, 0.25) is 0 Å². The summed E-state index contributed by atoms with van der Waals surface area (Å²) >= 11 is 0. The summed E-state index contributed by atoms with van der Waals surface area (Å²) in [5, 5.41) is 23.8. The zero-order valence-electron chi connectivity index (χ0n) is 11.6. The van der Waals surface area contributed by atoms with E-state index in [4.69, 9.17) is 4.52 Å². The van der Waals surface area contributed by atoms with Gasteiger partial charge in [-0.2, -0.15) is 0 Å². The Morgan fingerprint density at radius 2 is 2.00 bits per heavy atom. The van der Waals surface area contributed by atoms with Crippen molar-refractivity contribution in [2.45, 2.75) is 26.2 Å². The molecule has 1 atom stereocenters. The van der Waals surface area contributed by atoms with Crippen molar-refractivity contribution < 1.29 is 19.3 Å². The number of non-ortho nitro benzene ring substituents is 1. The Hall–Kier alpha value is -2.70. The number of nitrogens with zero attached hydrogens (tertiary/aromatic N) is 2. The highest BCUT2D eigenvalue weighted by Crippen LogP contribution is 2.26. The standard InChI is InChI=1S/C14H14N2O5/c1-8-12(9(2)21-15-8)7-13(14(17)18)10-3-5-11(6-4-10)16(19)20/h3-6,13H,7H2,1-2H3,(H,17,18). The molecule has 0 saturated heterocycles. The summed E-state index contributed by atoms with van der Waals surface area (Å²) in [7, 11) is 0. The number of benzene rings is 1. The second-order valence-corrected chi connectivity index (χ2v) is 4.75. The summed E-state index contributed by atoms with van der Waals surface area (Å²) < 4.78 is 5.03. The van der Waals surface area contributed by atoms with Crippen molar-refractivity contribution >= 4 is 11.7 Å². The number of hydrogen-bond acceptors (Lipinski definition) is 5. The van der Waals surface area contributed by atoms with Crippen molar-refractivity contribution in [2.24, 2.45) is 0 Å². The van der Waals surface area contributed by atoms with Crippen LogP contribution in [0.1, 0.15) is 28.5 Å². The molecule has 2 rings (SSSR count). The van der Waals surface area contributed by atoms with Crippen LogP contribution < -0.4 is 0 Å². The lowest BCUT2D eigenvalue weighted by atomic mass is 9.91. The molecule has 0 aliphatic heterocycles. The van der Waals surface area contributed by atoms with E-state index in [1.807, 2.05) is 0 Å². The first-order valence-electron chi connectivity index (χ1n) is 6.29. The number of aryl methyl sites for hydroxylation is 2. The van der Waals surface area contributed by atoms with E-state index in [-0.39, 0.29) is 12.1 Å². The maximum Gasteiger partial charge on any atom is 0.311 e. The largest absolute Gasteiger partial charge is 0.481 e. The van der Waals surface area contributed by atoms with Gasteiger partial charge in [0.1, 0.15) is 5.76 Å². The summed E-state index contributed by atoms with van der Waals surface area (Å²) in [4.78, 5) is 21.6. The summed E-state index contributed by atoms with van der Waals surface area (Å²) in [5.41, 5.74) is 1.84. The molecule has 1 unspecified atom stereocenters. The first-order valence-corrected chi connectivity index (χ1v) is 6.29. The molecular formula is C14H14N2O5. The van der Waals surface area contributed by atoms with E-state index >= 15 is 0 Å². The summed E-state index contributed by atoms with van der Waals surface area (Å²) in [6, 6.07) is 5.54. The van der Waals surface area contributed by atoms with E-state index in [1.54, 1.807) is 13.8 Å². The summed E-state index contributed by atoms with van der Waals surface area (Å²) in [5.74, 6) is -1.22. The molecule has 0 radical (unpaired) electrons. The fourth-order valence-corrected chi connectivity index (χ4v) is 2.17. The first kappa shape index (κ1) is 14.7. The number of hydrogen-bond donors (Lipinski definition) is 1. The van der Waals surface area contributed by atoms with Gasteiger partial charge in [-0.3, -0.25) is 14.9 Å². The van der Waals surface area contributed by atoms with Gasteiger partial charge in [-0.05, 0) is 25.8 Å². The number of carboxylic acid groups (broad SMARTS) is 1. The van der Waals surface area contributed by atoms with Gasteiger partial charge in [0.2, 0.25) is 0 Å². The Labute approximate surface area is 120 Å². The molecule has 1 heterocycles. The molecule has 0 aliphatic rings. The minimum atomic E-state index is -0.996. The van der Waals surface area contributed by atoms with Crippen LogP contribution in [0.3, 0.4) is 0 Å². The molecule has 0 saturated carbocycles.